The van der Waals surface area contributed by atoms with Gasteiger partial charge in [0.25, 0.3) is 11.8 Å². The smallest absolute Gasteiger partial charge is 0.270 e. The Bertz CT molecular complexity index is 1040. The number of hydrogen-bond donors (Lipinski definition) is 1. The van der Waals surface area contributed by atoms with Crippen LogP contribution in [0.2, 0.25) is 0 Å². The van der Waals surface area contributed by atoms with E-state index in [-0.39, 0.29) is 17.5 Å². The number of ether oxygens (including phenoxy) is 1. The van der Waals surface area contributed by atoms with E-state index in [2.05, 4.69) is 5.32 Å². The molecule has 1 aliphatic rings. The van der Waals surface area contributed by atoms with Gasteiger partial charge >= 0.3 is 0 Å². The maximum absolute atomic E-state index is 13.1. The van der Waals surface area contributed by atoms with Crippen LogP contribution in [-0.4, -0.2) is 43.0 Å². The van der Waals surface area contributed by atoms with Gasteiger partial charge in [-0.2, -0.15) is 0 Å². The molecule has 3 aromatic rings. The first-order chi connectivity index (χ1) is 14.7. The van der Waals surface area contributed by atoms with Crippen LogP contribution in [0.1, 0.15) is 16.1 Å². The van der Waals surface area contributed by atoms with Gasteiger partial charge in [-0.25, -0.2) is 0 Å². The second-order valence-electron chi connectivity index (χ2n) is 6.85. The van der Waals surface area contributed by atoms with Crippen molar-refractivity contribution in [3.05, 3.63) is 89.8 Å². The summed E-state index contributed by atoms with van der Waals surface area (Å²) in [5.41, 5.74) is 1.58. The highest BCUT2D eigenvalue weighted by Crippen LogP contribution is 2.23. The van der Waals surface area contributed by atoms with Gasteiger partial charge in [0.15, 0.2) is 0 Å². The molecule has 6 nitrogen and oxygen atoms in total. The fraction of sp³-hybridized carbons (Fsp3) is 0.167. The van der Waals surface area contributed by atoms with Gasteiger partial charge in [0.05, 0.1) is 13.2 Å². The second kappa shape index (κ2) is 9.24. The molecule has 2 aromatic carbocycles. The molecule has 1 saturated heterocycles. The maximum atomic E-state index is 13.1. The van der Waals surface area contributed by atoms with E-state index in [0.717, 1.165) is 5.56 Å². The van der Waals surface area contributed by atoms with E-state index in [4.69, 9.17) is 9.15 Å². The number of nitrogens with one attached hydrogen (secondary N) is 1. The standard InChI is InChI=1S/C24H22N2O4/c27-23(19-9-5-2-6-10-19)25-21(24(28)26-13-15-29-16-14-26)17-20-11-12-22(30-20)18-7-3-1-4-8-18/h1-12,17H,13-16H2,(H,25,27). The van der Waals surface area contributed by atoms with Crippen molar-refractivity contribution in [2.75, 3.05) is 26.3 Å². The number of morpholine rings is 1. The van der Waals surface area contributed by atoms with Gasteiger partial charge in [-0.3, -0.25) is 9.59 Å². The van der Waals surface area contributed by atoms with Gasteiger partial charge in [0.1, 0.15) is 17.2 Å². The third kappa shape index (κ3) is 4.67. The van der Waals surface area contributed by atoms with E-state index in [1.165, 1.54) is 0 Å². The first kappa shape index (κ1) is 19.7. The second-order valence-corrected chi connectivity index (χ2v) is 6.85. The van der Waals surface area contributed by atoms with Crippen LogP contribution in [0.25, 0.3) is 17.4 Å². The number of nitrogens with zero attached hydrogens (tertiary/aromatic N) is 1. The predicted molar refractivity (Wildman–Crippen MR) is 113 cm³/mol. The molecule has 1 aromatic heterocycles. The summed E-state index contributed by atoms with van der Waals surface area (Å²) in [4.78, 5) is 27.4. The molecule has 0 spiro atoms. The van der Waals surface area contributed by atoms with Crippen molar-refractivity contribution in [2.24, 2.45) is 0 Å². The first-order valence-electron chi connectivity index (χ1n) is 9.81. The summed E-state index contributed by atoms with van der Waals surface area (Å²) < 4.78 is 11.2. The molecule has 0 unspecified atom stereocenters. The molecule has 0 bridgehead atoms. The minimum atomic E-state index is -0.349. The van der Waals surface area contributed by atoms with Crippen molar-refractivity contribution in [1.82, 2.24) is 10.2 Å². The van der Waals surface area contributed by atoms with E-state index in [9.17, 15) is 9.59 Å². The van der Waals surface area contributed by atoms with Crippen LogP contribution in [0.15, 0.2) is 82.9 Å². The Morgan fingerprint density at radius 3 is 2.23 bits per heavy atom. The summed E-state index contributed by atoms with van der Waals surface area (Å²) in [6.07, 6.45) is 1.57. The normalized spacial score (nSPS) is 14.4. The highest BCUT2D eigenvalue weighted by molar-refractivity contribution is 6.05. The zero-order valence-corrected chi connectivity index (χ0v) is 16.4. The van der Waals surface area contributed by atoms with Crippen molar-refractivity contribution in [2.45, 2.75) is 0 Å². The number of rotatable bonds is 5. The Balaban J connectivity index is 1.61. The molecule has 152 valence electrons. The minimum absolute atomic E-state index is 0.166. The fourth-order valence-electron chi connectivity index (χ4n) is 3.20. The van der Waals surface area contributed by atoms with Crippen molar-refractivity contribution < 1.29 is 18.7 Å². The predicted octanol–water partition coefficient (Wildman–Crippen LogP) is 3.58. The Labute approximate surface area is 174 Å². The lowest BCUT2D eigenvalue weighted by atomic mass is 10.2. The molecule has 1 aliphatic heterocycles. The number of carbonyl (C=O) groups excluding carboxylic acids is 2. The average molecular weight is 402 g/mol. The Morgan fingerprint density at radius 2 is 1.53 bits per heavy atom. The van der Waals surface area contributed by atoms with Crippen molar-refractivity contribution >= 4 is 17.9 Å². The molecule has 1 fully saturated rings. The van der Waals surface area contributed by atoms with Gasteiger partial charge in [0.2, 0.25) is 0 Å². The summed E-state index contributed by atoms with van der Waals surface area (Å²) in [7, 11) is 0. The SMILES string of the molecule is O=C(NC(=Cc1ccc(-c2ccccc2)o1)C(=O)N1CCOCC1)c1ccccc1. The lowest BCUT2D eigenvalue weighted by Gasteiger charge is -2.27. The zero-order chi connectivity index (χ0) is 20.8. The van der Waals surface area contributed by atoms with E-state index in [1.54, 1.807) is 41.3 Å². The number of furan rings is 1. The summed E-state index contributed by atoms with van der Waals surface area (Å²) in [6, 6.07) is 22.1. The summed E-state index contributed by atoms with van der Waals surface area (Å²) in [6.45, 7) is 1.91. The molecule has 4 rings (SSSR count). The van der Waals surface area contributed by atoms with E-state index in [0.29, 0.717) is 43.4 Å². The Kier molecular flexibility index (Phi) is 6.06. The van der Waals surface area contributed by atoms with Crippen LogP contribution < -0.4 is 5.32 Å². The fourth-order valence-corrected chi connectivity index (χ4v) is 3.20. The number of hydrogen-bond acceptors (Lipinski definition) is 4. The summed E-state index contributed by atoms with van der Waals surface area (Å²) in [5, 5.41) is 2.76. The van der Waals surface area contributed by atoms with Crippen LogP contribution in [0.4, 0.5) is 0 Å². The third-order valence-electron chi connectivity index (χ3n) is 4.78. The molecule has 6 heteroatoms. The highest BCUT2D eigenvalue weighted by atomic mass is 16.5. The first-order valence-corrected chi connectivity index (χ1v) is 9.81. The molecule has 30 heavy (non-hydrogen) atoms. The van der Waals surface area contributed by atoms with Crippen LogP contribution in [0.3, 0.4) is 0 Å². The number of carbonyl (C=O) groups is 2. The van der Waals surface area contributed by atoms with Crippen LogP contribution >= 0.6 is 0 Å². The molecule has 2 heterocycles. The molecule has 0 saturated carbocycles. The summed E-state index contributed by atoms with van der Waals surface area (Å²) >= 11 is 0. The van der Waals surface area contributed by atoms with Crippen LogP contribution in [0, 0.1) is 0 Å². The van der Waals surface area contributed by atoms with Gasteiger partial charge in [-0.05, 0) is 24.3 Å². The van der Waals surface area contributed by atoms with Gasteiger partial charge in [0, 0.05) is 30.3 Å². The maximum Gasteiger partial charge on any atom is 0.270 e. The summed E-state index contributed by atoms with van der Waals surface area (Å²) in [5.74, 6) is 0.562. The average Bonchev–Trinajstić information content (AvgIpc) is 3.28. The molecule has 2 amide bonds. The van der Waals surface area contributed by atoms with Crippen LogP contribution in [-0.2, 0) is 9.53 Å². The van der Waals surface area contributed by atoms with Gasteiger partial charge in [-0.15, -0.1) is 0 Å². The number of amides is 2. The van der Waals surface area contributed by atoms with Crippen LogP contribution in [0.5, 0.6) is 0 Å². The Hall–Kier alpha value is -3.64. The van der Waals surface area contributed by atoms with Crippen molar-refractivity contribution in [1.29, 1.82) is 0 Å². The lowest BCUT2D eigenvalue weighted by Crippen LogP contribution is -2.44. The van der Waals surface area contributed by atoms with E-state index in [1.807, 2.05) is 42.5 Å². The monoisotopic (exact) mass is 402 g/mol. The molecule has 1 N–H and O–H groups in total. The molecule has 0 radical (unpaired) electrons. The van der Waals surface area contributed by atoms with E-state index < -0.39 is 0 Å². The lowest BCUT2D eigenvalue weighted by molar-refractivity contribution is -0.131. The highest BCUT2D eigenvalue weighted by Gasteiger charge is 2.23. The van der Waals surface area contributed by atoms with E-state index >= 15 is 0 Å². The van der Waals surface area contributed by atoms with Gasteiger partial charge < -0.3 is 19.4 Å². The molecular weight excluding hydrogens is 380 g/mol. The number of benzene rings is 2. The molecular formula is C24H22N2O4. The molecule has 0 aliphatic carbocycles. The third-order valence-corrected chi connectivity index (χ3v) is 4.78. The topological polar surface area (TPSA) is 71.8 Å². The van der Waals surface area contributed by atoms with Crippen molar-refractivity contribution in [3.63, 3.8) is 0 Å². The quantitative estimate of drug-likeness (QED) is 0.662. The van der Waals surface area contributed by atoms with Gasteiger partial charge in [-0.1, -0.05) is 48.5 Å². The minimum Gasteiger partial charge on any atom is -0.457 e. The molecule has 0 atom stereocenters. The van der Waals surface area contributed by atoms with Crippen molar-refractivity contribution in [3.8, 4) is 11.3 Å². The zero-order valence-electron chi connectivity index (χ0n) is 16.4. The largest absolute Gasteiger partial charge is 0.457 e. The Morgan fingerprint density at radius 1 is 0.867 bits per heavy atom.